The van der Waals surface area contributed by atoms with Gasteiger partial charge in [0.2, 0.25) is 0 Å². The minimum absolute atomic E-state index is 0.260. The molecule has 0 fully saturated rings. The molecule has 0 saturated heterocycles. The van der Waals surface area contributed by atoms with E-state index < -0.39 is 0 Å². The molecule has 1 rings (SSSR count). The largest absolute Gasteiger partial charge is 0.300 e. The topological polar surface area (TPSA) is 17.1 Å². The highest BCUT2D eigenvalue weighted by molar-refractivity contribution is 6.35. The lowest BCUT2D eigenvalue weighted by molar-refractivity contribution is -0.118. The van der Waals surface area contributed by atoms with Crippen LogP contribution in [0.1, 0.15) is 25.3 Å². The lowest BCUT2D eigenvalue weighted by Crippen LogP contribution is -1.98. The highest BCUT2D eigenvalue weighted by atomic mass is 35.5. The Hall–Kier alpha value is -0.530. The molecule has 0 aliphatic rings. The number of carbonyl (C=O) groups is 1. The molecule has 0 radical (unpaired) electrons. The van der Waals surface area contributed by atoms with Gasteiger partial charge in [0.25, 0.3) is 0 Å². The Bertz CT molecular complexity index is 334. The van der Waals surface area contributed by atoms with Gasteiger partial charge >= 0.3 is 0 Å². The molecule has 3 heteroatoms. The van der Waals surface area contributed by atoms with Gasteiger partial charge in [0.1, 0.15) is 5.78 Å². The van der Waals surface area contributed by atoms with E-state index >= 15 is 0 Å². The minimum Gasteiger partial charge on any atom is -0.300 e. The van der Waals surface area contributed by atoms with Gasteiger partial charge in [-0.3, -0.25) is 4.79 Å². The number of rotatable bonds is 4. The van der Waals surface area contributed by atoms with E-state index in [2.05, 4.69) is 0 Å². The average molecular weight is 231 g/mol. The van der Waals surface area contributed by atoms with Crippen molar-refractivity contribution in [3.63, 3.8) is 0 Å². The standard InChI is InChI=1S/C11H12Cl2O/c1-2-10(14)6-4-8-3-5-9(12)7-11(8)13/h3,5,7H,2,4,6H2,1H3. The molecular formula is C11H12Cl2O. The molecule has 0 heterocycles. The molecule has 0 bridgehead atoms. The van der Waals surface area contributed by atoms with E-state index in [0.717, 1.165) is 5.56 Å². The van der Waals surface area contributed by atoms with Crippen molar-refractivity contribution in [2.24, 2.45) is 0 Å². The van der Waals surface area contributed by atoms with Gasteiger partial charge in [-0.2, -0.15) is 0 Å². The molecule has 0 atom stereocenters. The summed E-state index contributed by atoms with van der Waals surface area (Å²) in [7, 11) is 0. The van der Waals surface area contributed by atoms with Crippen molar-refractivity contribution >= 4 is 29.0 Å². The predicted molar refractivity (Wildman–Crippen MR) is 60.1 cm³/mol. The first kappa shape index (κ1) is 11.5. The molecule has 0 amide bonds. The molecule has 0 spiro atoms. The fourth-order valence-electron chi connectivity index (χ4n) is 1.18. The second-order valence-electron chi connectivity index (χ2n) is 3.13. The van der Waals surface area contributed by atoms with Crippen LogP contribution in [-0.4, -0.2) is 5.78 Å². The minimum atomic E-state index is 0.260. The molecular weight excluding hydrogens is 219 g/mol. The molecule has 1 aromatic rings. The third-order valence-electron chi connectivity index (χ3n) is 2.08. The number of Topliss-reactive ketones (excluding diaryl/α,β-unsaturated/α-hetero) is 1. The van der Waals surface area contributed by atoms with Crippen LogP contribution in [0.3, 0.4) is 0 Å². The van der Waals surface area contributed by atoms with Crippen LogP contribution in [0.2, 0.25) is 10.0 Å². The normalized spacial score (nSPS) is 10.2. The fourth-order valence-corrected chi connectivity index (χ4v) is 1.68. The second kappa shape index (κ2) is 5.38. The van der Waals surface area contributed by atoms with Crippen LogP contribution >= 0.6 is 23.2 Å². The number of halogens is 2. The summed E-state index contributed by atoms with van der Waals surface area (Å²) in [6.07, 6.45) is 1.84. The lowest BCUT2D eigenvalue weighted by atomic mass is 10.1. The number of benzene rings is 1. The quantitative estimate of drug-likeness (QED) is 0.767. The molecule has 0 N–H and O–H groups in total. The van der Waals surface area contributed by atoms with Gasteiger partial charge < -0.3 is 0 Å². The zero-order valence-electron chi connectivity index (χ0n) is 8.02. The highest BCUT2D eigenvalue weighted by Crippen LogP contribution is 2.22. The molecule has 76 valence electrons. The summed E-state index contributed by atoms with van der Waals surface area (Å²) < 4.78 is 0. The Labute approximate surface area is 94.0 Å². The molecule has 14 heavy (non-hydrogen) atoms. The molecule has 0 aromatic heterocycles. The molecule has 0 saturated carbocycles. The van der Waals surface area contributed by atoms with Gasteiger partial charge in [-0.1, -0.05) is 36.2 Å². The van der Waals surface area contributed by atoms with E-state index in [9.17, 15) is 4.79 Å². The van der Waals surface area contributed by atoms with Crippen LogP contribution < -0.4 is 0 Å². The van der Waals surface area contributed by atoms with Crippen LogP contribution in [0.4, 0.5) is 0 Å². The summed E-state index contributed by atoms with van der Waals surface area (Å²) in [5.41, 5.74) is 0.984. The Morgan fingerprint density at radius 2 is 2.07 bits per heavy atom. The summed E-state index contributed by atoms with van der Waals surface area (Å²) in [6.45, 7) is 1.87. The van der Waals surface area contributed by atoms with Crippen molar-refractivity contribution in [2.45, 2.75) is 26.2 Å². The number of aryl methyl sites for hydroxylation is 1. The van der Waals surface area contributed by atoms with Crippen LogP contribution in [0.5, 0.6) is 0 Å². The van der Waals surface area contributed by atoms with Gasteiger partial charge in [0.15, 0.2) is 0 Å². The van der Waals surface area contributed by atoms with Crippen molar-refractivity contribution < 1.29 is 4.79 Å². The van der Waals surface area contributed by atoms with Gasteiger partial charge in [0.05, 0.1) is 0 Å². The summed E-state index contributed by atoms with van der Waals surface area (Å²) >= 11 is 11.7. The first-order valence-corrected chi connectivity index (χ1v) is 5.34. The molecule has 0 aliphatic heterocycles. The molecule has 1 nitrogen and oxygen atoms in total. The molecule has 1 aromatic carbocycles. The monoisotopic (exact) mass is 230 g/mol. The van der Waals surface area contributed by atoms with Crippen molar-refractivity contribution in [3.05, 3.63) is 33.8 Å². The van der Waals surface area contributed by atoms with E-state index in [1.807, 2.05) is 13.0 Å². The maximum Gasteiger partial charge on any atom is 0.132 e. The van der Waals surface area contributed by atoms with Crippen LogP contribution in [0.25, 0.3) is 0 Å². The van der Waals surface area contributed by atoms with E-state index in [1.165, 1.54) is 0 Å². The van der Waals surface area contributed by atoms with Gasteiger partial charge in [-0.25, -0.2) is 0 Å². The van der Waals surface area contributed by atoms with E-state index in [1.54, 1.807) is 12.1 Å². The van der Waals surface area contributed by atoms with Crippen LogP contribution in [0, 0.1) is 0 Å². The summed E-state index contributed by atoms with van der Waals surface area (Å²) in [4.78, 5) is 11.1. The Morgan fingerprint density at radius 3 is 2.64 bits per heavy atom. The zero-order chi connectivity index (χ0) is 10.6. The third-order valence-corrected chi connectivity index (χ3v) is 2.67. The van der Waals surface area contributed by atoms with E-state index in [0.29, 0.717) is 29.3 Å². The smallest absolute Gasteiger partial charge is 0.132 e. The van der Waals surface area contributed by atoms with Gasteiger partial charge in [0, 0.05) is 22.9 Å². The van der Waals surface area contributed by atoms with Crippen molar-refractivity contribution in [3.8, 4) is 0 Å². The van der Waals surface area contributed by atoms with Crippen molar-refractivity contribution in [1.29, 1.82) is 0 Å². The first-order chi connectivity index (χ1) is 6.63. The number of ketones is 1. The SMILES string of the molecule is CCC(=O)CCc1ccc(Cl)cc1Cl. The first-order valence-electron chi connectivity index (χ1n) is 4.59. The van der Waals surface area contributed by atoms with Crippen LogP contribution in [0.15, 0.2) is 18.2 Å². The molecule has 0 unspecified atom stereocenters. The highest BCUT2D eigenvalue weighted by Gasteiger charge is 2.04. The van der Waals surface area contributed by atoms with E-state index in [-0.39, 0.29) is 5.78 Å². The maximum atomic E-state index is 11.1. The van der Waals surface area contributed by atoms with Crippen LogP contribution in [-0.2, 0) is 11.2 Å². The average Bonchev–Trinajstić information content (AvgIpc) is 2.16. The summed E-state index contributed by atoms with van der Waals surface area (Å²) in [5.74, 6) is 0.260. The van der Waals surface area contributed by atoms with E-state index in [4.69, 9.17) is 23.2 Å². The maximum absolute atomic E-state index is 11.1. The Balaban J connectivity index is 2.63. The fraction of sp³-hybridized carbons (Fsp3) is 0.364. The number of hydrogen-bond donors (Lipinski definition) is 0. The Morgan fingerprint density at radius 1 is 1.36 bits per heavy atom. The molecule has 0 aliphatic carbocycles. The number of hydrogen-bond acceptors (Lipinski definition) is 1. The zero-order valence-corrected chi connectivity index (χ0v) is 9.53. The predicted octanol–water partition coefficient (Wildman–Crippen LogP) is 3.91. The summed E-state index contributed by atoms with van der Waals surface area (Å²) in [6, 6.07) is 5.36. The summed E-state index contributed by atoms with van der Waals surface area (Å²) in [5, 5.41) is 1.27. The van der Waals surface area contributed by atoms with Gasteiger partial charge in [-0.15, -0.1) is 0 Å². The second-order valence-corrected chi connectivity index (χ2v) is 3.97. The number of carbonyl (C=O) groups excluding carboxylic acids is 1. The lowest BCUT2D eigenvalue weighted by Gasteiger charge is -2.03. The third kappa shape index (κ3) is 3.32. The van der Waals surface area contributed by atoms with Gasteiger partial charge in [-0.05, 0) is 24.1 Å². The van der Waals surface area contributed by atoms with Crippen molar-refractivity contribution in [1.82, 2.24) is 0 Å². The Kier molecular flexibility index (Phi) is 4.43. The van der Waals surface area contributed by atoms with Crippen molar-refractivity contribution in [2.75, 3.05) is 0 Å².